The van der Waals surface area contributed by atoms with Gasteiger partial charge in [-0.25, -0.2) is 0 Å². The van der Waals surface area contributed by atoms with Crippen LogP contribution in [0.15, 0.2) is 17.5 Å². The molecule has 0 unspecified atom stereocenters. The molecule has 0 aromatic carbocycles. The second-order valence-corrected chi connectivity index (χ2v) is 5.58. The third-order valence-corrected chi connectivity index (χ3v) is 3.39. The highest BCUT2D eigenvalue weighted by Crippen LogP contribution is 2.19. The lowest BCUT2D eigenvalue weighted by Crippen LogP contribution is -2.34. The highest BCUT2D eigenvalue weighted by molar-refractivity contribution is 7.09. The molecule has 0 aliphatic heterocycles. The molecule has 0 saturated heterocycles. The van der Waals surface area contributed by atoms with E-state index in [-0.39, 0.29) is 12.3 Å². The van der Waals surface area contributed by atoms with Crippen LogP contribution in [-0.4, -0.2) is 23.5 Å². The molecule has 0 fully saturated rings. The Morgan fingerprint density at radius 1 is 1.47 bits per heavy atom. The minimum atomic E-state index is -1.01. The maximum absolute atomic E-state index is 11.5. The maximum atomic E-state index is 11.5. The lowest BCUT2D eigenvalue weighted by molar-refractivity contribution is -0.149. The Morgan fingerprint density at radius 2 is 2.18 bits per heavy atom. The summed E-state index contributed by atoms with van der Waals surface area (Å²) in [6.07, 6.45) is 0.795. The molecule has 0 saturated carbocycles. The van der Waals surface area contributed by atoms with Crippen LogP contribution in [0, 0.1) is 5.41 Å². The van der Waals surface area contributed by atoms with Crippen molar-refractivity contribution in [1.82, 2.24) is 5.32 Å². The molecule has 0 spiro atoms. The van der Waals surface area contributed by atoms with Crippen LogP contribution in [0.3, 0.4) is 0 Å². The summed E-state index contributed by atoms with van der Waals surface area (Å²) in [4.78, 5) is 23.6. The number of carboxylic acid groups (broad SMARTS) is 1. The van der Waals surface area contributed by atoms with E-state index < -0.39 is 11.4 Å². The zero-order valence-electron chi connectivity index (χ0n) is 10.0. The predicted molar refractivity (Wildman–Crippen MR) is 67.1 cm³/mol. The van der Waals surface area contributed by atoms with Gasteiger partial charge in [0.1, 0.15) is 0 Å². The number of carbonyl (C=O) groups is 2. The third kappa shape index (κ3) is 4.56. The zero-order valence-corrected chi connectivity index (χ0v) is 10.8. The molecule has 0 atom stereocenters. The van der Waals surface area contributed by atoms with Crippen molar-refractivity contribution in [2.75, 3.05) is 6.54 Å². The lowest BCUT2D eigenvalue weighted by Gasteiger charge is -2.18. The van der Waals surface area contributed by atoms with E-state index in [2.05, 4.69) is 5.32 Å². The monoisotopic (exact) mass is 255 g/mol. The van der Waals surface area contributed by atoms with Gasteiger partial charge in [-0.3, -0.25) is 9.59 Å². The fraction of sp³-hybridized carbons (Fsp3) is 0.500. The highest BCUT2D eigenvalue weighted by atomic mass is 32.1. The fourth-order valence-corrected chi connectivity index (χ4v) is 2.03. The molecule has 0 aliphatic rings. The summed E-state index contributed by atoms with van der Waals surface area (Å²) < 4.78 is 0. The SMILES string of the molecule is CC(C)(CC(=O)NCCc1cccs1)C(=O)O. The molecule has 0 radical (unpaired) electrons. The van der Waals surface area contributed by atoms with Gasteiger partial charge in [-0.05, 0) is 31.7 Å². The Kier molecular flexibility index (Phi) is 4.69. The van der Waals surface area contributed by atoms with E-state index in [9.17, 15) is 9.59 Å². The summed E-state index contributed by atoms with van der Waals surface area (Å²) in [5.74, 6) is -1.17. The molecule has 94 valence electrons. The van der Waals surface area contributed by atoms with Crippen molar-refractivity contribution in [2.24, 2.45) is 5.41 Å². The number of thiophene rings is 1. The number of amides is 1. The summed E-state index contributed by atoms with van der Waals surface area (Å²) >= 11 is 1.65. The number of hydrogen-bond acceptors (Lipinski definition) is 3. The van der Waals surface area contributed by atoms with Crippen molar-refractivity contribution < 1.29 is 14.7 Å². The average molecular weight is 255 g/mol. The standard InChI is InChI=1S/C12H17NO3S/c1-12(2,11(15)16)8-10(14)13-6-5-9-4-3-7-17-9/h3-4,7H,5-6,8H2,1-2H3,(H,13,14)(H,15,16). The zero-order chi connectivity index (χ0) is 12.9. The van der Waals surface area contributed by atoms with Crippen LogP contribution in [0.25, 0.3) is 0 Å². The minimum absolute atomic E-state index is 0.00672. The number of carbonyl (C=O) groups excluding carboxylic acids is 1. The van der Waals surface area contributed by atoms with Gasteiger partial charge in [0.25, 0.3) is 0 Å². The second-order valence-electron chi connectivity index (χ2n) is 4.55. The molecule has 4 nitrogen and oxygen atoms in total. The first-order valence-corrected chi connectivity index (χ1v) is 6.32. The predicted octanol–water partition coefficient (Wildman–Crippen LogP) is 1.91. The number of carboxylic acids is 1. The molecule has 1 aromatic heterocycles. The molecule has 1 heterocycles. The molecule has 1 amide bonds. The van der Waals surface area contributed by atoms with Gasteiger partial charge in [-0.15, -0.1) is 11.3 Å². The minimum Gasteiger partial charge on any atom is -0.481 e. The quantitative estimate of drug-likeness (QED) is 0.816. The van der Waals surface area contributed by atoms with E-state index in [1.54, 1.807) is 25.2 Å². The summed E-state index contributed by atoms with van der Waals surface area (Å²) in [5, 5.41) is 13.6. The summed E-state index contributed by atoms with van der Waals surface area (Å²) in [6.45, 7) is 3.65. The second kappa shape index (κ2) is 5.82. The van der Waals surface area contributed by atoms with Crippen LogP contribution in [0.2, 0.25) is 0 Å². The molecule has 0 bridgehead atoms. The Morgan fingerprint density at radius 3 is 2.71 bits per heavy atom. The van der Waals surface area contributed by atoms with Crippen molar-refractivity contribution in [3.63, 3.8) is 0 Å². The Hall–Kier alpha value is -1.36. The average Bonchev–Trinajstić information content (AvgIpc) is 2.69. The largest absolute Gasteiger partial charge is 0.481 e. The smallest absolute Gasteiger partial charge is 0.309 e. The van der Waals surface area contributed by atoms with Crippen LogP contribution in [-0.2, 0) is 16.0 Å². The van der Waals surface area contributed by atoms with Gasteiger partial charge in [0.2, 0.25) is 5.91 Å². The molecule has 1 rings (SSSR count). The normalized spacial score (nSPS) is 11.2. The molecule has 0 aliphatic carbocycles. The Balaban J connectivity index is 2.28. The lowest BCUT2D eigenvalue weighted by atomic mass is 9.89. The Bertz CT molecular complexity index is 384. The molecule has 5 heteroatoms. The van der Waals surface area contributed by atoms with Crippen molar-refractivity contribution in [3.8, 4) is 0 Å². The molecule has 1 aromatic rings. The van der Waals surface area contributed by atoms with Gasteiger partial charge in [-0.2, -0.15) is 0 Å². The van der Waals surface area contributed by atoms with Gasteiger partial charge in [0.05, 0.1) is 5.41 Å². The van der Waals surface area contributed by atoms with Gasteiger partial charge in [0, 0.05) is 17.8 Å². The van der Waals surface area contributed by atoms with Gasteiger partial charge >= 0.3 is 5.97 Å². The van der Waals surface area contributed by atoms with Crippen molar-refractivity contribution >= 4 is 23.2 Å². The first-order valence-electron chi connectivity index (χ1n) is 5.44. The molecular formula is C12H17NO3S. The fourth-order valence-electron chi connectivity index (χ4n) is 1.32. The third-order valence-electron chi connectivity index (χ3n) is 2.46. The van der Waals surface area contributed by atoms with Gasteiger partial charge in [-0.1, -0.05) is 6.07 Å². The van der Waals surface area contributed by atoms with E-state index in [0.29, 0.717) is 6.54 Å². The Labute approximate surface area is 105 Å². The summed E-state index contributed by atoms with van der Waals surface area (Å²) in [5.41, 5.74) is -1.01. The highest BCUT2D eigenvalue weighted by Gasteiger charge is 2.29. The van der Waals surface area contributed by atoms with Crippen LogP contribution >= 0.6 is 11.3 Å². The van der Waals surface area contributed by atoms with Crippen molar-refractivity contribution in [3.05, 3.63) is 22.4 Å². The van der Waals surface area contributed by atoms with E-state index in [1.165, 1.54) is 4.88 Å². The van der Waals surface area contributed by atoms with Crippen LogP contribution < -0.4 is 5.32 Å². The van der Waals surface area contributed by atoms with E-state index >= 15 is 0 Å². The summed E-state index contributed by atoms with van der Waals surface area (Å²) in [6, 6.07) is 3.98. The van der Waals surface area contributed by atoms with Crippen LogP contribution in [0.4, 0.5) is 0 Å². The van der Waals surface area contributed by atoms with E-state index in [4.69, 9.17) is 5.11 Å². The van der Waals surface area contributed by atoms with Crippen LogP contribution in [0.1, 0.15) is 25.1 Å². The molecular weight excluding hydrogens is 238 g/mol. The molecule has 2 N–H and O–H groups in total. The topological polar surface area (TPSA) is 66.4 Å². The van der Waals surface area contributed by atoms with E-state index in [1.807, 2.05) is 17.5 Å². The van der Waals surface area contributed by atoms with Gasteiger partial charge < -0.3 is 10.4 Å². The summed E-state index contributed by atoms with van der Waals surface area (Å²) in [7, 11) is 0. The van der Waals surface area contributed by atoms with Crippen molar-refractivity contribution in [2.45, 2.75) is 26.7 Å². The first kappa shape index (κ1) is 13.7. The van der Waals surface area contributed by atoms with E-state index in [0.717, 1.165) is 6.42 Å². The van der Waals surface area contributed by atoms with Crippen molar-refractivity contribution in [1.29, 1.82) is 0 Å². The number of aliphatic carboxylic acids is 1. The number of rotatable bonds is 6. The number of nitrogens with one attached hydrogen (secondary N) is 1. The van der Waals surface area contributed by atoms with Crippen LogP contribution in [0.5, 0.6) is 0 Å². The molecule has 17 heavy (non-hydrogen) atoms. The maximum Gasteiger partial charge on any atom is 0.309 e. The number of hydrogen-bond donors (Lipinski definition) is 2. The van der Waals surface area contributed by atoms with Gasteiger partial charge in [0.15, 0.2) is 0 Å². The first-order chi connectivity index (χ1) is 7.92.